The van der Waals surface area contributed by atoms with Gasteiger partial charge in [-0.1, -0.05) is 48.2 Å². The number of thiocarbonyl (C=S) groups is 1. The number of amides is 1. The standard InChI is InChI=1S/C24H17N3O5S2/c28-22-21(34-24(33)27(22)10-9-16-12-25-13-26-16)11-17-5-6-18(31-17)14-1-3-15(4-2-14)19-7-8-20(32-19)23(29)30/h1-8,11-13H,9-10H2,(H,25,26)(H,29,30)/b21-11-. The number of nitrogens with one attached hydrogen (secondary N) is 1. The summed E-state index contributed by atoms with van der Waals surface area (Å²) in [7, 11) is 0. The number of carbonyl (C=O) groups excluding carboxylic acids is 1. The van der Waals surface area contributed by atoms with E-state index < -0.39 is 5.97 Å². The van der Waals surface area contributed by atoms with Crippen LogP contribution in [0.2, 0.25) is 0 Å². The Morgan fingerprint density at radius 2 is 1.79 bits per heavy atom. The number of aromatic carboxylic acids is 1. The molecule has 1 aliphatic heterocycles. The minimum absolute atomic E-state index is 0.110. The van der Waals surface area contributed by atoms with Crippen molar-refractivity contribution in [3.05, 3.63) is 83.2 Å². The zero-order chi connectivity index (χ0) is 23.7. The van der Waals surface area contributed by atoms with Crippen LogP contribution >= 0.6 is 24.0 Å². The molecule has 5 rings (SSSR count). The molecule has 170 valence electrons. The van der Waals surface area contributed by atoms with Gasteiger partial charge in [-0.2, -0.15) is 0 Å². The van der Waals surface area contributed by atoms with Gasteiger partial charge in [0.25, 0.3) is 5.91 Å². The zero-order valence-corrected chi connectivity index (χ0v) is 19.2. The Bertz CT molecular complexity index is 1400. The Labute approximate surface area is 203 Å². The molecule has 10 heteroatoms. The van der Waals surface area contributed by atoms with Gasteiger partial charge in [0.15, 0.2) is 0 Å². The van der Waals surface area contributed by atoms with Crippen LogP contribution in [0.5, 0.6) is 0 Å². The first-order valence-corrected chi connectivity index (χ1v) is 11.5. The van der Waals surface area contributed by atoms with E-state index in [1.807, 2.05) is 30.3 Å². The minimum atomic E-state index is -1.11. The minimum Gasteiger partial charge on any atom is -0.475 e. The highest BCUT2D eigenvalue weighted by Gasteiger charge is 2.32. The number of aromatic nitrogens is 2. The molecule has 8 nitrogen and oxygen atoms in total. The molecule has 0 saturated carbocycles. The van der Waals surface area contributed by atoms with Crippen molar-refractivity contribution in [1.29, 1.82) is 0 Å². The summed E-state index contributed by atoms with van der Waals surface area (Å²) in [6.45, 7) is 0.476. The van der Waals surface area contributed by atoms with Crippen LogP contribution in [0.4, 0.5) is 0 Å². The summed E-state index contributed by atoms with van der Waals surface area (Å²) in [4.78, 5) is 32.9. The van der Waals surface area contributed by atoms with Gasteiger partial charge in [0.05, 0.1) is 11.2 Å². The Kier molecular flexibility index (Phi) is 5.91. The first kappa shape index (κ1) is 21.9. The quantitative estimate of drug-likeness (QED) is 0.272. The maximum atomic E-state index is 12.8. The molecule has 1 saturated heterocycles. The molecule has 2 N–H and O–H groups in total. The molecule has 0 spiro atoms. The van der Waals surface area contributed by atoms with Gasteiger partial charge >= 0.3 is 5.97 Å². The van der Waals surface area contributed by atoms with Gasteiger partial charge in [0, 0.05) is 42.1 Å². The van der Waals surface area contributed by atoms with Crippen LogP contribution < -0.4 is 0 Å². The predicted octanol–water partition coefficient (Wildman–Crippen LogP) is 5.07. The molecule has 4 aromatic rings. The summed E-state index contributed by atoms with van der Waals surface area (Å²) >= 11 is 6.64. The van der Waals surface area contributed by atoms with Crippen LogP contribution in [0.1, 0.15) is 22.0 Å². The van der Waals surface area contributed by atoms with E-state index in [0.717, 1.165) is 16.8 Å². The van der Waals surface area contributed by atoms with E-state index in [1.165, 1.54) is 17.8 Å². The SMILES string of the molecule is O=C(O)c1ccc(-c2ccc(-c3ccc(/C=C4\SC(=S)N(CCc5cnc[nH]5)C4=O)o3)cc2)o1. The van der Waals surface area contributed by atoms with Crippen LogP contribution in [-0.4, -0.2) is 42.7 Å². The van der Waals surface area contributed by atoms with Crippen molar-refractivity contribution in [2.45, 2.75) is 6.42 Å². The topological polar surface area (TPSA) is 113 Å². The highest BCUT2D eigenvalue weighted by molar-refractivity contribution is 8.26. The van der Waals surface area contributed by atoms with E-state index in [9.17, 15) is 9.59 Å². The summed E-state index contributed by atoms with van der Waals surface area (Å²) in [5, 5.41) is 9.01. The van der Waals surface area contributed by atoms with Crippen LogP contribution in [0, 0.1) is 0 Å². The lowest BCUT2D eigenvalue weighted by molar-refractivity contribution is -0.122. The van der Waals surface area contributed by atoms with Crippen molar-refractivity contribution < 1.29 is 23.5 Å². The van der Waals surface area contributed by atoms with Crippen LogP contribution in [0.25, 0.3) is 28.7 Å². The number of imidazole rings is 1. The monoisotopic (exact) mass is 491 g/mol. The Hall–Kier alpha value is -3.89. The molecule has 0 aliphatic carbocycles. The van der Waals surface area contributed by atoms with Crippen molar-refractivity contribution >= 4 is 46.3 Å². The third-order valence-electron chi connectivity index (χ3n) is 5.20. The van der Waals surface area contributed by atoms with Crippen molar-refractivity contribution in [3.63, 3.8) is 0 Å². The zero-order valence-electron chi connectivity index (χ0n) is 17.6. The molecule has 3 aromatic heterocycles. The fourth-order valence-electron chi connectivity index (χ4n) is 3.47. The molecule has 0 bridgehead atoms. The van der Waals surface area contributed by atoms with E-state index in [-0.39, 0.29) is 11.7 Å². The highest BCUT2D eigenvalue weighted by atomic mass is 32.2. The number of H-pyrrole nitrogens is 1. The Balaban J connectivity index is 1.28. The van der Waals surface area contributed by atoms with Crippen molar-refractivity contribution in [3.8, 4) is 22.6 Å². The summed E-state index contributed by atoms with van der Waals surface area (Å²) < 4.78 is 11.8. The average Bonchev–Trinajstić information content (AvgIpc) is 3.63. The van der Waals surface area contributed by atoms with Gasteiger partial charge in [-0.25, -0.2) is 9.78 Å². The molecule has 0 unspecified atom stereocenters. The van der Waals surface area contributed by atoms with Crippen LogP contribution in [0.3, 0.4) is 0 Å². The fourth-order valence-corrected chi connectivity index (χ4v) is 4.76. The molecule has 0 radical (unpaired) electrons. The third-order valence-corrected chi connectivity index (χ3v) is 6.58. The number of thioether (sulfide) groups is 1. The molecule has 4 heterocycles. The maximum Gasteiger partial charge on any atom is 0.371 e. The second-order valence-corrected chi connectivity index (χ2v) is 9.08. The number of aromatic amines is 1. The number of furan rings is 2. The van der Waals surface area contributed by atoms with Gasteiger partial charge in [-0.15, -0.1) is 0 Å². The van der Waals surface area contributed by atoms with Gasteiger partial charge in [-0.3, -0.25) is 9.69 Å². The van der Waals surface area contributed by atoms with Gasteiger partial charge < -0.3 is 18.9 Å². The summed E-state index contributed by atoms with van der Waals surface area (Å²) in [6, 6.07) is 14.0. The molecular weight excluding hydrogens is 474 g/mol. The molecule has 1 aliphatic rings. The molecule has 1 fully saturated rings. The first-order valence-electron chi connectivity index (χ1n) is 10.2. The van der Waals surface area contributed by atoms with E-state index in [0.29, 0.717) is 39.5 Å². The largest absolute Gasteiger partial charge is 0.475 e. The number of carboxylic acid groups (broad SMARTS) is 1. The lowest BCUT2D eigenvalue weighted by atomic mass is 10.1. The van der Waals surface area contributed by atoms with E-state index in [2.05, 4.69) is 9.97 Å². The van der Waals surface area contributed by atoms with Gasteiger partial charge in [-0.05, 0) is 24.3 Å². The van der Waals surface area contributed by atoms with Crippen LogP contribution in [-0.2, 0) is 11.2 Å². The molecular formula is C24H17N3O5S2. The van der Waals surface area contributed by atoms with Crippen molar-refractivity contribution in [1.82, 2.24) is 14.9 Å². The number of carbonyl (C=O) groups is 2. The number of benzene rings is 1. The number of hydrogen-bond donors (Lipinski definition) is 2. The van der Waals surface area contributed by atoms with Gasteiger partial charge in [0.2, 0.25) is 5.76 Å². The highest BCUT2D eigenvalue weighted by Crippen LogP contribution is 2.34. The van der Waals surface area contributed by atoms with Gasteiger partial charge in [0.1, 0.15) is 21.6 Å². The maximum absolute atomic E-state index is 12.8. The predicted molar refractivity (Wildman–Crippen MR) is 131 cm³/mol. The van der Waals surface area contributed by atoms with E-state index in [1.54, 1.807) is 35.6 Å². The van der Waals surface area contributed by atoms with Crippen LogP contribution in [0.15, 0.2) is 74.8 Å². The second kappa shape index (κ2) is 9.16. The number of hydrogen-bond acceptors (Lipinski definition) is 7. The lowest BCUT2D eigenvalue weighted by Crippen LogP contribution is -2.30. The first-order chi connectivity index (χ1) is 16.5. The molecule has 34 heavy (non-hydrogen) atoms. The Morgan fingerprint density at radius 3 is 2.44 bits per heavy atom. The fraction of sp³-hybridized carbons (Fsp3) is 0.0833. The summed E-state index contributed by atoms with van der Waals surface area (Å²) in [6.07, 6.45) is 5.67. The second-order valence-electron chi connectivity index (χ2n) is 7.41. The normalized spacial score (nSPS) is 14.9. The van der Waals surface area contributed by atoms with E-state index >= 15 is 0 Å². The smallest absolute Gasteiger partial charge is 0.371 e. The molecule has 1 amide bonds. The summed E-state index contributed by atoms with van der Waals surface area (Å²) in [5.74, 6) is 0.292. The average molecular weight is 492 g/mol. The number of carboxylic acids is 1. The van der Waals surface area contributed by atoms with Crippen molar-refractivity contribution in [2.24, 2.45) is 0 Å². The summed E-state index contributed by atoms with van der Waals surface area (Å²) in [5.41, 5.74) is 2.52. The number of nitrogens with zero attached hydrogens (tertiary/aromatic N) is 2. The lowest BCUT2D eigenvalue weighted by Gasteiger charge is -2.13. The third kappa shape index (κ3) is 4.45. The molecule has 1 aromatic carbocycles. The Morgan fingerprint density at radius 1 is 1.09 bits per heavy atom. The number of rotatable bonds is 7. The van der Waals surface area contributed by atoms with E-state index in [4.69, 9.17) is 26.2 Å². The van der Waals surface area contributed by atoms with Crippen molar-refractivity contribution in [2.75, 3.05) is 6.54 Å². The molecule has 0 atom stereocenters.